The van der Waals surface area contributed by atoms with E-state index in [0.717, 1.165) is 31.7 Å². The Balaban J connectivity index is 2.27. The summed E-state index contributed by atoms with van der Waals surface area (Å²) in [6.07, 6.45) is 5.97. The highest BCUT2D eigenvalue weighted by Gasteiger charge is 2.24. The molecule has 0 aromatic heterocycles. The topological polar surface area (TPSA) is 21.3 Å². The molecule has 2 nitrogen and oxygen atoms in total. The normalized spacial score (nSPS) is 17.1. The zero-order valence-electron chi connectivity index (χ0n) is 13.2. The molecular formula is C18H29NO. The summed E-state index contributed by atoms with van der Waals surface area (Å²) in [6, 6.07) is 7.09. The lowest BCUT2D eigenvalue weighted by Crippen LogP contribution is -2.29. The average molecular weight is 275 g/mol. The minimum absolute atomic E-state index is 0.419. The lowest BCUT2D eigenvalue weighted by molar-refractivity contribution is 0.273. The van der Waals surface area contributed by atoms with Crippen LogP contribution in [0.3, 0.4) is 0 Å². The van der Waals surface area contributed by atoms with Crippen molar-refractivity contribution < 1.29 is 4.74 Å². The molecule has 1 aromatic carbocycles. The van der Waals surface area contributed by atoms with E-state index in [2.05, 4.69) is 44.3 Å². The molecule has 1 aliphatic rings. The first kappa shape index (κ1) is 15.4. The number of benzene rings is 1. The molecule has 2 rings (SSSR count). The van der Waals surface area contributed by atoms with E-state index < -0.39 is 0 Å². The first-order valence-electron chi connectivity index (χ1n) is 8.25. The van der Waals surface area contributed by atoms with Crippen molar-refractivity contribution in [3.8, 4) is 5.75 Å². The second-order valence-electron chi connectivity index (χ2n) is 5.99. The molecular weight excluding hydrogens is 246 g/mol. The van der Waals surface area contributed by atoms with E-state index in [1.54, 1.807) is 0 Å². The van der Waals surface area contributed by atoms with E-state index in [1.807, 2.05) is 0 Å². The van der Waals surface area contributed by atoms with Gasteiger partial charge < -0.3 is 10.1 Å². The maximum atomic E-state index is 6.00. The van der Waals surface area contributed by atoms with Gasteiger partial charge in [0.2, 0.25) is 0 Å². The van der Waals surface area contributed by atoms with E-state index in [4.69, 9.17) is 4.74 Å². The highest BCUT2D eigenvalue weighted by Crippen LogP contribution is 2.36. The van der Waals surface area contributed by atoms with Crippen LogP contribution in [0.5, 0.6) is 5.75 Å². The van der Waals surface area contributed by atoms with Gasteiger partial charge in [0.25, 0.3) is 0 Å². The summed E-state index contributed by atoms with van der Waals surface area (Å²) < 4.78 is 6.00. The Kier molecular flexibility index (Phi) is 5.90. The van der Waals surface area contributed by atoms with Crippen molar-refractivity contribution in [3.05, 3.63) is 29.3 Å². The Morgan fingerprint density at radius 1 is 1.25 bits per heavy atom. The van der Waals surface area contributed by atoms with Crippen LogP contribution in [-0.2, 0) is 6.42 Å². The van der Waals surface area contributed by atoms with Crippen LogP contribution >= 0.6 is 0 Å². The Labute approximate surface area is 123 Å². The molecule has 1 N–H and O–H groups in total. The number of nitrogens with one attached hydrogen (secondary N) is 1. The monoisotopic (exact) mass is 275 g/mol. The molecule has 0 fully saturated rings. The lowest BCUT2D eigenvalue weighted by atomic mass is 9.88. The minimum atomic E-state index is 0.419. The quantitative estimate of drug-likeness (QED) is 0.791. The number of hydrogen-bond donors (Lipinski definition) is 1. The second-order valence-corrected chi connectivity index (χ2v) is 5.99. The SMILES string of the molecule is CCCNC(c1cccc2c1OCCC2)C(C)CCC. The van der Waals surface area contributed by atoms with Crippen LogP contribution in [0.1, 0.15) is 63.6 Å². The molecule has 0 saturated carbocycles. The van der Waals surface area contributed by atoms with E-state index >= 15 is 0 Å². The van der Waals surface area contributed by atoms with Crippen LogP contribution in [0.15, 0.2) is 18.2 Å². The summed E-state index contributed by atoms with van der Waals surface area (Å²) in [7, 11) is 0. The van der Waals surface area contributed by atoms with Gasteiger partial charge in [0.15, 0.2) is 0 Å². The van der Waals surface area contributed by atoms with Crippen molar-refractivity contribution >= 4 is 0 Å². The van der Waals surface area contributed by atoms with Crippen molar-refractivity contribution in [1.82, 2.24) is 5.32 Å². The molecule has 2 unspecified atom stereocenters. The van der Waals surface area contributed by atoms with E-state index in [9.17, 15) is 0 Å². The minimum Gasteiger partial charge on any atom is -0.493 e. The molecule has 2 heteroatoms. The Hall–Kier alpha value is -1.02. The van der Waals surface area contributed by atoms with Gasteiger partial charge in [0, 0.05) is 11.6 Å². The number of fused-ring (bicyclic) bond motifs is 1. The third-order valence-electron chi connectivity index (χ3n) is 4.23. The third kappa shape index (κ3) is 3.54. The van der Waals surface area contributed by atoms with Crippen molar-refractivity contribution in [2.24, 2.45) is 5.92 Å². The number of aryl methyl sites for hydroxylation is 1. The first-order chi connectivity index (χ1) is 9.77. The Bertz CT molecular complexity index is 416. The molecule has 0 amide bonds. The summed E-state index contributed by atoms with van der Waals surface area (Å²) in [6.45, 7) is 8.80. The average Bonchev–Trinajstić information content (AvgIpc) is 2.48. The molecule has 1 aliphatic heterocycles. The summed E-state index contributed by atoms with van der Waals surface area (Å²) in [5.41, 5.74) is 2.76. The molecule has 112 valence electrons. The second kappa shape index (κ2) is 7.68. The van der Waals surface area contributed by atoms with Gasteiger partial charge in [0.05, 0.1) is 6.61 Å². The fourth-order valence-electron chi connectivity index (χ4n) is 3.20. The maximum absolute atomic E-state index is 6.00. The van der Waals surface area contributed by atoms with Crippen LogP contribution in [0.2, 0.25) is 0 Å². The van der Waals surface area contributed by atoms with E-state index in [1.165, 1.54) is 30.4 Å². The van der Waals surface area contributed by atoms with Gasteiger partial charge >= 0.3 is 0 Å². The molecule has 20 heavy (non-hydrogen) atoms. The van der Waals surface area contributed by atoms with Crippen molar-refractivity contribution in [1.29, 1.82) is 0 Å². The number of ether oxygens (including phenoxy) is 1. The number of hydrogen-bond acceptors (Lipinski definition) is 2. The molecule has 0 saturated heterocycles. The van der Waals surface area contributed by atoms with Crippen LogP contribution < -0.4 is 10.1 Å². The van der Waals surface area contributed by atoms with Crippen LogP contribution in [0, 0.1) is 5.92 Å². The number of rotatable bonds is 7. The van der Waals surface area contributed by atoms with Crippen molar-refractivity contribution in [3.63, 3.8) is 0 Å². The predicted molar refractivity (Wildman–Crippen MR) is 85.4 cm³/mol. The zero-order chi connectivity index (χ0) is 14.4. The maximum Gasteiger partial charge on any atom is 0.127 e. The number of para-hydroxylation sites is 1. The summed E-state index contributed by atoms with van der Waals surface area (Å²) >= 11 is 0. The van der Waals surface area contributed by atoms with Crippen LogP contribution in [0.4, 0.5) is 0 Å². The van der Waals surface area contributed by atoms with Gasteiger partial charge in [-0.2, -0.15) is 0 Å². The zero-order valence-corrected chi connectivity index (χ0v) is 13.2. The molecule has 1 heterocycles. The van der Waals surface area contributed by atoms with Gasteiger partial charge in [-0.15, -0.1) is 0 Å². The molecule has 0 aliphatic carbocycles. The first-order valence-corrected chi connectivity index (χ1v) is 8.25. The molecule has 2 atom stereocenters. The van der Waals surface area contributed by atoms with Gasteiger partial charge in [-0.25, -0.2) is 0 Å². The highest BCUT2D eigenvalue weighted by molar-refractivity contribution is 5.44. The Morgan fingerprint density at radius 3 is 2.85 bits per heavy atom. The Morgan fingerprint density at radius 2 is 2.10 bits per heavy atom. The molecule has 1 aromatic rings. The largest absolute Gasteiger partial charge is 0.493 e. The summed E-state index contributed by atoms with van der Waals surface area (Å²) in [5.74, 6) is 1.80. The summed E-state index contributed by atoms with van der Waals surface area (Å²) in [4.78, 5) is 0. The van der Waals surface area contributed by atoms with Gasteiger partial charge in [-0.1, -0.05) is 45.4 Å². The smallest absolute Gasteiger partial charge is 0.127 e. The standard InChI is InChI=1S/C18H29NO/c1-4-8-14(3)17(19-12-5-2)16-11-6-9-15-10-7-13-20-18(15)16/h6,9,11,14,17,19H,4-5,7-8,10,12-13H2,1-3H3. The fraction of sp³-hybridized carbons (Fsp3) is 0.667. The van der Waals surface area contributed by atoms with Gasteiger partial charge in [-0.3, -0.25) is 0 Å². The summed E-state index contributed by atoms with van der Waals surface area (Å²) in [5, 5.41) is 3.74. The van der Waals surface area contributed by atoms with Crippen LogP contribution in [-0.4, -0.2) is 13.2 Å². The fourth-order valence-corrected chi connectivity index (χ4v) is 3.20. The van der Waals surface area contributed by atoms with Crippen molar-refractivity contribution in [2.75, 3.05) is 13.2 Å². The highest BCUT2D eigenvalue weighted by atomic mass is 16.5. The van der Waals surface area contributed by atoms with Gasteiger partial charge in [-0.05, 0) is 43.7 Å². The lowest BCUT2D eigenvalue weighted by Gasteiger charge is -2.29. The van der Waals surface area contributed by atoms with Crippen LogP contribution in [0.25, 0.3) is 0 Å². The predicted octanol–water partition coefficient (Wildman–Crippen LogP) is 4.49. The van der Waals surface area contributed by atoms with Crippen molar-refractivity contribution in [2.45, 2.75) is 58.9 Å². The van der Waals surface area contributed by atoms with E-state index in [0.29, 0.717) is 12.0 Å². The third-order valence-corrected chi connectivity index (χ3v) is 4.23. The molecule has 0 spiro atoms. The van der Waals surface area contributed by atoms with E-state index in [-0.39, 0.29) is 0 Å². The van der Waals surface area contributed by atoms with Gasteiger partial charge in [0.1, 0.15) is 5.75 Å². The molecule has 0 bridgehead atoms. The molecule has 0 radical (unpaired) electrons.